The van der Waals surface area contributed by atoms with Crippen molar-refractivity contribution in [3.8, 4) is 0 Å². The van der Waals surface area contributed by atoms with E-state index in [0.717, 1.165) is 18.4 Å². The molecule has 1 unspecified atom stereocenters. The maximum atomic E-state index is 6.91. The van der Waals surface area contributed by atoms with Crippen molar-refractivity contribution in [3.05, 3.63) is 47.6 Å². The number of rotatable bonds is 6. The molecule has 0 saturated heterocycles. The molecule has 0 spiro atoms. The van der Waals surface area contributed by atoms with E-state index in [1.807, 2.05) is 6.07 Å². The third-order valence-electron chi connectivity index (χ3n) is 4.76. The predicted octanol–water partition coefficient (Wildman–Crippen LogP) is 5.48. The second kappa shape index (κ2) is 7.60. The summed E-state index contributed by atoms with van der Waals surface area (Å²) in [6.45, 7) is 6.65. The minimum Gasteiger partial charge on any atom is -0.401 e. The van der Waals surface area contributed by atoms with E-state index >= 15 is 0 Å². The molecule has 1 saturated carbocycles. The summed E-state index contributed by atoms with van der Waals surface area (Å²) in [5, 5.41) is 4.32. The van der Waals surface area contributed by atoms with Gasteiger partial charge in [0.05, 0.1) is 0 Å². The smallest absolute Gasteiger partial charge is 0.241 e. The van der Waals surface area contributed by atoms with Gasteiger partial charge in [0, 0.05) is 0 Å². The summed E-state index contributed by atoms with van der Waals surface area (Å²) in [5.41, 5.74) is 0.464. The topological polar surface area (TPSA) is 48.2 Å². The largest absolute Gasteiger partial charge is 0.401 e. The number of benzene rings is 1. The molecule has 0 radical (unpaired) electrons. The molecule has 6 heteroatoms. The van der Waals surface area contributed by atoms with Gasteiger partial charge in [-0.05, 0) is 44.0 Å². The molecule has 3 rings (SSSR count). The van der Waals surface area contributed by atoms with Crippen LogP contribution in [0.15, 0.2) is 34.9 Å². The Labute approximate surface area is 156 Å². The van der Waals surface area contributed by atoms with E-state index in [4.69, 9.17) is 20.6 Å². The van der Waals surface area contributed by atoms with Crippen molar-refractivity contribution in [2.75, 3.05) is 0 Å². The zero-order chi connectivity index (χ0) is 17.9. The summed E-state index contributed by atoms with van der Waals surface area (Å²) in [7, 11) is -1.90. The molecule has 0 N–H and O–H groups in total. The minimum atomic E-state index is -1.90. The van der Waals surface area contributed by atoms with Gasteiger partial charge in [0.1, 0.15) is 11.5 Å². The lowest BCUT2D eigenvalue weighted by atomic mass is 9.73. The lowest BCUT2D eigenvalue weighted by molar-refractivity contribution is 0.00743. The number of hydrogen-bond acceptors (Lipinski definition) is 4. The Morgan fingerprint density at radius 3 is 2.40 bits per heavy atom. The highest BCUT2D eigenvalue weighted by Gasteiger charge is 2.49. The lowest BCUT2D eigenvalue weighted by Crippen LogP contribution is -2.48. The first-order valence-electron chi connectivity index (χ1n) is 9.10. The van der Waals surface area contributed by atoms with E-state index in [9.17, 15) is 0 Å². The second-order valence-electron chi connectivity index (χ2n) is 7.80. The van der Waals surface area contributed by atoms with E-state index in [2.05, 4.69) is 54.0 Å². The number of nitrogens with zero attached hydrogens (tertiary/aromatic N) is 2. The Morgan fingerprint density at radius 1 is 1.16 bits per heavy atom. The van der Waals surface area contributed by atoms with Crippen molar-refractivity contribution in [2.45, 2.75) is 63.2 Å². The van der Waals surface area contributed by atoms with Crippen molar-refractivity contribution in [1.82, 2.24) is 10.1 Å². The molecule has 1 fully saturated rings. The van der Waals surface area contributed by atoms with Crippen molar-refractivity contribution in [2.24, 2.45) is 5.92 Å². The fourth-order valence-corrected chi connectivity index (χ4v) is 5.32. The maximum absolute atomic E-state index is 6.91. The highest BCUT2D eigenvalue weighted by atomic mass is 35.5. The monoisotopic (exact) mass is 378 g/mol. The SMILES string of the molecule is C[Si](C)(C)OC(c1ccccc1)(c1noc(CCl)n1)C1CCCCC1. The summed E-state index contributed by atoms with van der Waals surface area (Å²) in [6, 6.07) is 10.4. The van der Waals surface area contributed by atoms with Gasteiger partial charge in [0.2, 0.25) is 11.7 Å². The minimum absolute atomic E-state index is 0.218. The summed E-state index contributed by atoms with van der Waals surface area (Å²) in [6.07, 6.45) is 5.95. The summed E-state index contributed by atoms with van der Waals surface area (Å²) in [4.78, 5) is 4.62. The van der Waals surface area contributed by atoms with E-state index in [-0.39, 0.29) is 5.88 Å². The Hall–Kier alpha value is -1.17. The third-order valence-corrected chi connectivity index (χ3v) is 5.93. The van der Waals surface area contributed by atoms with Gasteiger partial charge < -0.3 is 8.95 Å². The average Bonchev–Trinajstić information content (AvgIpc) is 3.10. The first-order chi connectivity index (χ1) is 12.0. The van der Waals surface area contributed by atoms with Crippen LogP contribution >= 0.6 is 11.6 Å². The van der Waals surface area contributed by atoms with Gasteiger partial charge >= 0.3 is 0 Å². The summed E-state index contributed by atoms with van der Waals surface area (Å²) >= 11 is 5.93. The van der Waals surface area contributed by atoms with Crippen molar-refractivity contribution >= 4 is 19.9 Å². The molecule has 2 aromatic rings. The highest BCUT2D eigenvalue weighted by Crippen LogP contribution is 2.47. The molecule has 0 bridgehead atoms. The maximum Gasteiger partial charge on any atom is 0.241 e. The van der Waals surface area contributed by atoms with Crippen molar-refractivity contribution < 1.29 is 8.95 Å². The average molecular weight is 379 g/mol. The summed E-state index contributed by atoms with van der Waals surface area (Å²) < 4.78 is 12.3. The number of alkyl halides is 1. The summed E-state index contributed by atoms with van der Waals surface area (Å²) in [5.74, 6) is 1.64. The Bertz CT molecular complexity index is 680. The van der Waals surface area contributed by atoms with Crippen LogP contribution in [0.5, 0.6) is 0 Å². The predicted molar refractivity (Wildman–Crippen MR) is 102 cm³/mol. The highest BCUT2D eigenvalue weighted by molar-refractivity contribution is 6.69. The molecule has 0 aliphatic heterocycles. The van der Waals surface area contributed by atoms with Gasteiger partial charge in [-0.25, -0.2) is 0 Å². The van der Waals surface area contributed by atoms with Gasteiger partial charge in [0.15, 0.2) is 8.32 Å². The molecule has 1 heterocycles. The first kappa shape index (κ1) is 18.6. The van der Waals surface area contributed by atoms with Crippen LogP contribution in [-0.4, -0.2) is 18.5 Å². The van der Waals surface area contributed by atoms with Gasteiger partial charge in [-0.3, -0.25) is 0 Å². The number of aromatic nitrogens is 2. The Morgan fingerprint density at radius 2 is 1.84 bits per heavy atom. The van der Waals surface area contributed by atoms with Gasteiger partial charge in [-0.1, -0.05) is 54.8 Å². The molecular weight excluding hydrogens is 352 g/mol. The molecular formula is C19H27ClN2O2Si. The van der Waals surface area contributed by atoms with Crippen LogP contribution in [0.4, 0.5) is 0 Å². The van der Waals surface area contributed by atoms with Gasteiger partial charge in [-0.2, -0.15) is 4.98 Å². The normalized spacial score (nSPS) is 18.9. The standard InChI is InChI=1S/C19H27ClN2O2Si/c1-25(2,3)24-19(15-10-6-4-7-11-15,16-12-8-5-9-13-16)18-21-17(14-20)23-22-18/h4,6-7,10-11,16H,5,8-9,12-14H2,1-3H3. The molecule has 25 heavy (non-hydrogen) atoms. The first-order valence-corrected chi connectivity index (χ1v) is 13.0. The fraction of sp³-hybridized carbons (Fsp3) is 0.579. The number of halogens is 1. The third kappa shape index (κ3) is 3.99. The molecule has 1 atom stereocenters. The molecule has 1 aliphatic carbocycles. The van der Waals surface area contributed by atoms with Gasteiger partial charge in [-0.15, -0.1) is 11.6 Å². The zero-order valence-corrected chi connectivity index (χ0v) is 17.1. The molecule has 136 valence electrons. The van der Waals surface area contributed by atoms with E-state index in [0.29, 0.717) is 17.6 Å². The van der Waals surface area contributed by atoms with Crippen LogP contribution in [-0.2, 0) is 15.9 Å². The Kier molecular flexibility index (Phi) is 5.66. The van der Waals surface area contributed by atoms with Crippen LogP contribution in [0.25, 0.3) is 0 Å². The van der Waals surface area contributed by atoms with Crippen LogP contribution in [0.3, 0.4) is 0 Å². The molecule has 0 amide bonds. The van der Waals surface area contributed by atoms with E-state index in [1.165, 1.54) is 19.3 Å². The molecule has 1 aromatic heterocycles. The Balaban J connectivity index is 2.18. The van der Waals surface area contributed by atoms with Gasteiger partial charge in [0.25, 0.3) is 0 Å². The molecule has 4 nitrogen and oxygen atoms in total. The van der Waals surface area contributed by atoms with E-state index in [1.54, 1.807) is 0 Å². The molecule has 1 aromatic carbocycles. The van der Waals surface area contributed by atoms with Crippen LogP contribution in [0.2, 0.25) is 19.6 Å². The second-order valence-corrected chi connectivity index (χ2v) is 12.5. The fourth-order valence-electron chi connectivity index (χ4n) is 3.87. The van der Waals surface area contributed by atoms with E-state index < -0.39 is 13.9 Å². The van der Waals surface area contributed by atoms with Crippen molar-refractivity contribution in [1.29, 1.82) is 0 Å². The van der Waals surface area contributed by atoms with Crippen molar-refractivity contribution in [3.63, 3.8) is 0 Å². The zero-order valence-electron chi connectivity index (χ0n) is 15.3. The molecule has 1 aliphatic rings. The van der Waals surface area contributed by atoms with Crippen LogP contribution < -0.4 is 0 Å². The number of hydrogen-bond donors (Lipinski definition) is 0. The van der Waals surface area contributed by atoms with Crippen LogP contribution in [0, 0.1) is 5.92 Å². The van der Waals surface area contributed by atoms with Crippen LogP contribution in [0.1, 0.15) is 49.4 Å². The lowest BCUT2D eigenvalue weighted by Gasteiger charge is -2.44. The quantitative estimate of drug-likeness (QED) is 0.493.